The number of rotatable bonds is 4. The minimum Gasteiger partial charge on any atom is -0.494 e. The summed E-state index contributed by atoms with van der Waals surface area (Å²) in [5.41, 5.74) is 4.44. The molecule has 0 aliphatic heterocycles. The summed E-state index contributed by atoms with van der Waals surface area (Å²) in [6.45, 7) is 0. The van der Waals surface area contributed by atoms with E-state index in [0.29, 0.717) is 22.1 Å². The number of aromatic hydroxyl groups is 1. The first-order valence-corrected chi connectivity index (χ1v) is 9.55. The highest BCUT2D eigenvalue weighted by molar-refractivity contribution is 6.31. The third kappa shape index (κ3) is 3.31. The van der Waals surface area contributed by atoms with Gasteiger partial charge in [0.15, 0.2) is 5.88 Å². The van der Waals surface area contributed by atoms with Crippen molar-refractivity contribution in [3.8, 4) is 17.3 Å². The van der Waals surface area contributed by atoms with Crippen molar-refractivity contribution in [2.45, 2.75) is 0 Å². The first-order valence-electron chi connectivity index (χ1n) is 9.17. The Labute approximate surface area is 176 Å². The zero-order valence-electron chi connectivity index (χ0n) is 15.5. The number of aromatic amines is 2. The van der Waals surface area contributed by atoms with Gasteiger partial charge in [0.1, 0.15) is 0 Å². The predicted molar refractivity (Wildman–Crippen MR) is 116 cm³/mol. The van der Waals surface area contributed by atoms with Crippen LogP contribution >= 0.6 is 11.6 Å². The number of halogens is 1. The smallest absolute Gasteiger partial charge is 0.204 e. The van der Waals surface area contributed by atoms with Crippen LogP contribution in [0.3, 0.4) is 0 Å². The van der Waals surface area contributed by atoms with Crippen LogP contribution in [0.5, 0.6) is 5.88 Å². The molecule has 0 bridgehead atoms. The monoisotopic (exact) mass is 414 g/mol. The minimum absolute atomic E-state index is 0.0401. The van der Waals surface area contributed by atoms with E-state index in [0.717, 1.165) is 27.7 Å². The lowest BCUT2D eigenvalue weighted by Crippen LogP contribution is -2.02. The molecule has 5 rings (SSSR count). The molecule has 2 heterocycles. The summed E-state index contributed by atoms with van der Waals surface area (Å²) in [4.78, 5) is 7.86. The Morgan fingerprint density at radius 2 is 1.77 bits per heavy atom. The van der Waals surface area contributed by atoms with E-state index in [-0.39, 0.29) is 5.88 Å². The predicted octanol–water partition coefficient (Wildman–Crippen LogP) is 4.88. The average molecular weight is 415 g/mol. The third-order valence-electron chi connectivity index (χ3n) is 4.74. The van der Waals surface area contributed by atoms with Gasteiger partial charge in [0.25, 0.3) is 0 Å². The molecule has 0 saturated carbocycles. The van der Waals surface area contributed by atoms with Crippen LogP contribution in [-0.4, -0.2) is 36.4 Å². The second kappa shape index (κ2) is 7.46. The highest BCUT2D eigenvalue weighted by atomic mass is 35.5. The standard InChI is InChI=1S/C22H15ClN6O/c23-15-8-11-17-18(12-15)25-22(30)19(17)20(13-4-2-1-3-5-13)24-16-9-6-14(7-10-16)21-26-28-29-27-21/h1-12,25,30H,(H,26,27,28,29). The van der Waals surface area contributed by atoms with Crippen molar-refractivity contribution in [1.29, 1.82) is 0 Å². The van der Waals surface area contributed by atoms with Crippen molar-refractivity contribution in [2.24, 2.45) is 4.99 Å². The molecule has 5 aromatic rings. The number of benzene rings is 3. The summed E-state index contributed by atoms with van der Waals surface area (Å²) in [6.07, 6.45) is 0. The highest BCUT2D eigenvalue weighted by Crippen LogP contribution is 2.33. The summed E-state index contributed by atoms with van der Waals surface area (Å²) in [7, 11) is 0. The van der Waals surface area contributed by atoms with Crippen LogP contribution in [0, 0.1) is 0 Å². The average Bonchev–Trinajstić information content (AvgIpc) is 3.41. The second-order valence-electron chi connectivity index (χ2n) is 6.65. The van der Waals surface area contributed by atoms with Gasteiger partial charge in [-0.1, -0.05) is 48.0 Å². The van der Waals surface area contributed by atoms with E-state index in [2.05, 4.69) is 25.6 Å². The molecule has 3 N–H and O–H groups in total. The molecule has 0 amide bonds. The Morgan fingerprint density at radius 1 is 0.967 bits per heavy atom. The molecular formula is C22H15ClN6O. The van der Waals surface area contributed by atoms with Gasteiger partial charge < -0.3 is 10.1 Å². The van der Waals surface area contributed by atoms with Crippen molar-refractivity contribution in [3.63, 3.8) is 0 Å². The Hall–Kier alpha value is -3.97. The Bertz CT molecular complexity index is 1340. The van der Waals surface area contributed by atoms with E-state index in [9.17, 15) is 5.11 Å². The number of hydrogen-bond acceptors (Lipinski definition) is 5. The summed E-state index contributed by atoms with van der Waals surface area (Å²) < 4.78 is 0. The van der Waals surface area contributed by atoms with Crippen LogP contribution in [0.15, 0.2) is 77.8 Å². The van der Waals surface area contributed by atoms with Crippen molar-refractivity contribution >= 4 is 33.9 Å². The molecular weight excluding hydrogens is 400 g/mol. The van der Waals surface area contributed by atoms with E-state index in [1.165, 1.54) is 0 Å². The van der Waals surface area contributed by atoms with Gasteiger partial charge in [-0.05, 0) is 41.6 Å². The van der Waals surface area contributed by atoms with Crippen LogP contribution in [-0.2, 0) is 0 Å². The quantitative estimate of drug-likeness (QED) is 0.365. The number of fused-ring (bicyclic) bond motifs is 1. The molecule has 2 aromatic heterocycles. The lowest BCUT2D eigenvalue weighted by atomic mass is 10.0. The maximum absolute atomic E-state index is 10.7. The summed E-state index contributed by atoms with van der Waals surface area (Å²) in [6, 6.07) is 22.7. The molecule has 0 spiro atoms. The first-order chi connectivity index (χ1) is 14.7. The van der Waals surface area contributed by atoms with E-state index in [1.54, 1.807) is 12.1 Å². The lowest BCUT2D eigenvalue weighted by molar-refractivity contribution is 0.457. The highest BCUT2D eigenvalue weighted by Gasteiger charge is 2.18. The van der Waals surface area contributed by atoms with Crippen LogP contribution in [0.1, 0.15) is 11.1 Å². The van der Waals surface area contributed by atoms with Gasteiger partial charge in [-0.25, -0.2) is 4.99 Å². The number of tetrazole rings is 1. The van der Waals surface area contributed by atoms with Crippen LogP contribution < -0.4 is 0 Å². The fourth-order valence-electron chi connectivity index (χ4n) is 3.35. The van der Waals surface area contributed by atoms with E-state index in [1.807, 2.05) is 60.7 Å². The molecule has 30 heavy (non-hydrogen) atoms. The van der Waals surface area contributed by atoms with E-state index < -0.39 is 0 Å². The van der Waals surface area contributed by atoms with Gasteiger partial charge in [0.05, 0.1) is 22.5 Å². The first kappa shape index (κ1) is 18.1. The molecule has 0 atom stereocenters. The number of aromatic nitrogens is 5. The number of nitrogens with one attached hydrogen (secondary N) is 2. The van der Waals surface area contributed by atoms with Gasteiger partial charge in [0, 0.05) is 21.5 Å². The van der Waals surface area contributed by atoms with Crippen molar-refractivity contribution in [3.05, 3.63) is 88.9 Å². The topological polar surface area (TPSA) is 103 Å². The summed E-state index contributed by atoms with van der Waals surface area (Å²) in [5, 5.41) is 26.1. The van der Waals surface area contributed by atoms with E-state index in [4.69, 9.17) is 16.6 Å². The van der Waals surface area contributed by atoms with Gasteiger partial charge >= 0.3 is 0 Å². The molecule has 3 aromatic carbocycles. The van der Waals surface area contributed by atoms with Gasteiger partial charge in [-0.3, -0.25) is 0 Å². The SMILES string of the molecule is Oc1[nH]c2cc(Cl)ccc2c1C(=Nc1ccc(-c2nn[nH]n2)cc1)c1ccccc1. The molecule has 0 radical (unpaired) electrons. The molecule has 7 nitrogen and oxygen atoms in total. The van der Waals surface area contributed by atoms with Gasteiger partial charge in [-0.2, -0.15) is 5.21 Å². The summed E-state index contributed by atoms with van der Waals surface area (Å²) >= 11 is 6.11. The number of H-pyrrole nitrogens is 2. The minimum atomic E-state index is 0.0401. The zero-order chi connectivity index (χ0) is 20.5. The Morgan fingerprint density at radius 3 is 2.50 bits per heavy atom. The molecule has 0 saturated heterocycles. The van der Waals surface area contributed by atoms with Crippen LogP contribution in [0.4, 0.5) is 5.69 Å². The molecule has 146 valence electrons. The maximum atomic E-state index is 10.7. The van der Waals surface area contributed by atoms with Crippen LogP contribution in [0.2, 0.25) is 5.02 Å². The zero-order valence-corrected chi connectivity index (χ0v) is 16.3. The van der Waals surface area contributed by atoms with E-state index >= 15 is 0 Å². The molecule has 0 unspecified atom stereocenters. The number of hydrogen-bond donors (Lipinski definition) is 3. The molecule has 0 aliphatic carbocycles. The lowest BCUT2D eigenvalue weighted by Gasteiger charge is -2.08. The second-order valence-corrected chi connectivity index (χ2v) is 7.08. The molecule has 0 fully saturated rings. The van der Waals surface area contributed by atoms with Gasteiger partial charge in [-0.15, -0.1) is 10.2 Å². The normalized spacial score (nSPS) is 11.8. The Balaban J connectivity index is 1.66. The fraction of sp³-hybridized carbons (Fsp3) is 0. The van der Waals surface area contributed by atoms with Crippen molar-refractivity contribution < 1.29 is 5.11 Å². The molecule has 0 aliphatic rings. The maximum Gasteiger partial charge on any atom is 0.204 e. The largest absolute Gasteiger partial charge is 0.494 e. The number of aliphatic imine (C=N–C) groups is 1. The Kier molecular flexibility index (Phi) is 4.49. The summed E-state index contributed by atoms with van der Waals surface area (Å²) in [5.74, 6) is 0.554. The van der Waals surface area contributed by atoms with Crippen molar-refractivity contribution in [1.82, 2.24) is 25.6 Å². The third-order valence-corrected chi connectivity index (χ3v) is 4.97. The molecule has 8 heteroatoms. The number of nitrogens with zero attached hydrogens (tertiary/aromatic N) is 4. The van der Waals surface area contributed by atoms with Crippen molar-refractivity contribution in [2.75, 3.05) is 0 Å². The van der Waals surface area contributed by atoms with Gasteiger partial charge in [0.2, 0.25) is 5.82 Å². The van der Waals surface area contributed by atoms with Crippen LogP contribution in [0.25, 0.3) is 22.3 Å². The fourth-order valence-corrected chi connectivity index (χ4v) is 3.53.